The van der Waals surface area contributed by atoms with Gasteiger partial charge in [0.2, 0.25) is 0 Å². The zero-order chi connectivity index (χ0) is 17.8. The van der Waals surface area contributed by atoms with Crippen LogP contribution in [0.3, 0.4) is 0 Å². The van der Waals surface area contributed by atoms with Crippen molar-refractivity contribution in [1.29, 1.82) is 0 Å². The van der Waals surface area contributed by atoms with Crippen molar-refractivity contribution in [3.8, 4) is 5.75 Å². The van der Waals surface area contributed by atoms with Crippen LogP contribution >= 0.6 is 0 Å². The van der Waals surface area contributed by atoms with Gasteiger partial charge in [-0.2, -0.15) is 0 Å². The van der Waals surface area contributed by atoms with E-state index in [-0.39, 0.29) is 17.3 Å². The number of unbranched alkanes of at least 4 members (excludes halogenated alkanes) is 1. The van der Waals surface area contributed by atoms with E-state index in [4.69, 9.17) is 4.74 Å². The lowest BCUT2D eigenvalue weighted by Gasteiger charge is -2.25. The second-order valence-electron chi connectivity index (χ2n) is 7.31. The zero-order valence-electron chi connectivity index (χ0n) is 14.6. The lowest BCUT2D eigenvalue weighted by molar-refractivity contribution is 0.284. The molecule has 0 spiro atoms. The van der Waals surface area contributed by atoms with Crippen molar-refractivity contribution < 1.29 is 17.5 Å². The SMILES string of the molecule is C=CCCCS(=O)(=O)CC(C)(C)c1ccc(F)c(OCC2CC2)c1. The van der Waals surface area contributed by atoms with Crippen molar-refractivity contribution >= 4 is 9.84 Å². The van der Waals surface area contributed by atoms with Crippen LogP contribution in [0, 0.1) is 11.7 Å². The molecule has 0 amide bonds. The van der Waals surface area contributed by atoms with Gasteiger partial charge in [0.1, 0.15) is 0 Å². The largest absolute Gasteiger partial charge is 0.490 e. The lowest BCUT2D eigenvalue weighted by atomic mass is 9.86. The van der Waals surface area contributed by atoms with Gasteiger partial charge in [-0.3, -0.25) is 0 Å². The Morgan fingerprint density at radius 1 is 1.38 bits per heavy atom. The fraction of sp³-hybridized carbons (Fsp3) is 0.579. The van der Waals surface area contributed by atoms with E-state index in [2.05, 4.69) is 6.58 Å². The van der Waals surface area contributed by atoms with Gasteiger partial charge in [0, 0.05) is 5.41 Å². The smallest absolute Gasteiger partial charge is 0.165 e. The summed E-state index contributed by atoms with van der Waals surface area (Å²) in [5.74, 6) is 0.534. The molecule has 0 aromatic heterocycles. The minimum absolute atomic E-state index is 0.0326. The van der Waals surface area contributed by atoms with Gasteiger partial charge in [0.05, 0.1) is 18.1 Å². The van der Waals surface area contributed by atoms with Crippen LogP contribution < -0.4 is 4.74 Å². The molecule has 0 atom stereocenters. The van der Waals surface area contributed by atoms with Gasteiger partial charge in [-0.1, -0.05) is 26.0 Å². The number of hydrogen-bond donors (Lipinski definition) is 0. The Hall–Kier alpha value is -1.36. The highest BCUT2D eigenvalue weighted by Gasteiger charge is 2.29. The van der Waals surface area contributed by atoms with Crippen LogP contribution in [0.2, 0.25) is 0 Å². The Morgan fingerprint density at radius 3 is 2.71 bits per heavy atom. The molecule has 3 nitrogen and oxygen atoms in total. The molecule has 1 aromatic carbocycles. The van der Waals surface area contributed by atoms with E-state index in [9.17, 15) is 12.8 Å². The Labute approximate surface area is 144 Å². The van der Waals surface area contributed by atoms with E-state index < -0.39 is 21.1 Å². The molecule has 0 radical (unpaired) electrons. The van der Waals surface area contributed by atoms with Crippen molar-refractivity contribution in [3.63, 3.8) is 0 Å². The molecular weight excluding hydrogens is 327 g/mol. The first kappa shape index (κ1) is 19.0. The predicted octanol–water partition coefficient (Wildman–Crippen LogP) is 4.27. The minimum atomic E-state index is -3.18. The molecule has 134 valence electrons. The molecule has 0 unspecified atom stereocenters. The normalized spacial score (nSPS) is 15.3. The molecule has 2 rings (SSSR count). The van der Waals surface area contributed by atoms with E-state index in [1.54, 1.807) is 18.2 Å². The van der Waals surface area contributed by atoms with Crippen LogP contribution in [0.15, 0.2) is 30.9 Å². The van der Waals surface area contributed by atoms with Crippen LogP contribution in [-0.4, -0.2) is 26.5 Å². The first-order valence-corrected chi connectivity index (χ1v) is 10.3. The van der Waals surface area contributed by atoms with Crippen molar-refractivity contribution in [3.05, 3.63) is 42.2 Å². The maximum absolute atomic E-state index is 13.9. The van der Waals surface area contributed by atoms with E-state index in [1.165, 1.54) is 6.07 Å². The van der Waals surface area contributed by atoms with Crippen molar-refractivity contribution in [1.82, 2.24) is 0 Å². The second kappa shape index (κ2) is 7.68. The van der Waals surface area contributed by atoms with Crippen LogP contribution in [0.4, 0.5) is 4.39 Å². The quantitative estimate of drug-likeness (QED) is 0.465. The summed E-state index contributed by atoms with van der Waals surface area (Å²) in [7, 11) is -3.18. The number of benzene rings is 1. The van der Waals surface area contributed by atoms with Gasteiger partial charge in [-0.05, 0) is 49.3 Å². The molecule has 1 fully saturated rings. The summed E-state index contributed by atoms with van der Waals surface area (Å²) in [6, 6.07) is 4.67. The van der Waals surface area contributed by atoms with Crippen LogP contribution in [-0.2, 0) is 15.3 Å². The second-order valence-corrected chi connectivity index (χ2v) is 9.49. The monoisotopic (exact) mass is 354 g/mol. The average molecular weight is 354 g/mol. The lowest BCUT2D eigenvalue weighted by Crippen LogP contribution is -2.30. The summed E-state index contributed by atoms with van der Waals surface area (Å²) in [5.41, 5.74) is 0.181. The minimum Gasteiger partial charge on any atom is -0.490 e. The van der Waals surface area contributed by atoms with Crippen molar-refractivity contribution in [2.24, 2.45) is 5.92 Å². The molecule has 0 heterocycles. The first-order valence-electron chi connectivity index (χ1n) is 8.48. The molecule has 0 bridgehead atoms. The standard InChI is InChI=1S/C19H27FO3S/c1-4-5-6-11-24(21,22)14-19(2,3)16-9-10-17(20)18(12-16)23-13-15-7-8-15/h4,9-10,12,15H,1,5-8,11,13-14H2,2-3H3. The summed E-state index contributed by atoms with van der Waals surface area (Å²) in [4.78, 5) is 0. The predicted molar refractivity (Wildman–Crippen MR) is 95.7 cm³/mol. The van der Waals surface area contributed by atoms with Crippen molar-refractivity contribution in [2.75, 3.05) is 18.1 Å². The number of allylic oxidation sites excluding steroid dienone is 1. The van der Waals surface area contributed by atoms with Gasteiger partial charge >= 0.3 is 0 Å². The van der Waals surface area contributed by atoms with E-state index in [0.717, 1.165) is 18.4 Å². The molecule has 24 heavy (non-hydrogen) atoms. The van der Waals surface area contributed by atoms with E-state index >= 15 is 0 Å². The third-order valence-electron chi connectivity index (χ3n) is 4.33. The highest BCUT2D eigenvalue weighted by Crippen LogP contribution is 2.33. The fourth-order valence-electron chi connectivity index (χ4n) is 2.68. The molecule has 5 heteroatoms. The number of hydrogen-bond acceptors (Lipinski definition) is 3. The Bertz CT molecular complexity index is 676. The maximum atomic E-state index is 13.9. The molecule has 1 saturated carbocycles. The highest BCUT2D eigenvalue weighted by molar-refractivity contribution is 7.91. The van der Waals surface area contributed by atoms with Crippen LogP contribution in [0.25, 0.3) is 0 Å². The van der Waals surface area contributed by atoms with Crippen LogP contribution in [0.1, 0.15) is 45.1 Å². The van der Waals surface area contributed by atoms with E-state index in [0.29, 0.717) is 25.4 Å². The Morgan fingerprint density at radius 2 is 2.08 bits per heavy atom. The molecule has 0 N–H and O–H groups in total. The summed E-state index contributed by atoms with van der Waals surface area (Å²) >= 11 is 0. The van der Waals surface area contributed by atoms with Gasteiger partial charge in [-0.15, -0.1) is 6.58 Å². The Kier molecular flexibility index (Phi) is 6.07. The molecule has 1 aliphatic rings. The van der Waals surface area contributed by atoms with Gasteiger partial charge in [0.25, 0.3) is 0 Å². The first-order chi connectivity index (χ1) is 11.2. The Balaban J connectivity index is 2.09. The van der Waals surface area contributed by atoms with Gasteiger partial charge in [-0.25, -0.2) is 12.8 Å². The topological polar surface area (TPSA) is 43.4 Å². The molecule has 1 aliphatic carbocycles. The summed E-state index contributed by atoms with van der Waals surface area (Å²) in [5, 5.41) is 0. The molecule has 0 aliphatic heterocycles. The average Bonchev–Trinajstić information content (AvgIpc) is 3.29. The third kappa shape index (κ3) is 5.62. The number of halogens is 1. The molecule has 0 saturated heterocycles. The van der Waals surface area contributed by atoms with Gasteiger partial charge < -0.3 is 4.74 Å². The number of rotatable bonds is 10. The van der Waals surface area contributed by atoms with Crippen LogP contribution in [0.5, 0.6) is 5.75 Å². The molecule has 1 aromatic rings. The van der Waals surface area contributed by atoms with Gasteiger partial charge in [0.15, 0.2) is 21.4 Å². The maximum Gasteiger partial charge on any atom is 0.165 e. The van der Waals surface area contributed by atoms with Crippen molar-refractivity contribution in [2.45, 2.75) is 44.9 Å². The third-order valence-corrected chi connectivity index (χ3v) is 6.40. The molecular formula is C19H27FO3S. The summed E-state index contributed by atoms with van der Waals surface area (Å²) in [6.45, 7) is 7.88. The summed E-state index contributed by atoms with van der Waals surface area (Å²) in [6.07, 6.45) is 5.27. The van der Waals surface area contributed by atoms with E-state index in [1.807, 2.05) is 13.8 Å². The number of sulfone groups is 1. The zero-order valence-corrected chi connectivity index (χ0v) is 15.4. The highest BCUT2D eigenvalue weighted by atomic mass is 32.2. The summed E-state index contributed by atoms with van der Waals surface area (Å²) < 4.78 is 44.1. The number of ether oxygens (including phenoxy) is 1. The fourth-order valence-corrected chi connectivity index (χ4v) is 4.70.